The number of anilines is 1. The van der Waals surface area contributed by atoms with E-state index in [0.29, 0.717) is 23.4 Å². The highest BCUT2D eigenvalue weighted by molar-refractivity contribution is 7.92. The van der Waals surface area contributed by atoms with Gasteiger partial charge in [-0.05, 0) is 35.4 Å². The molecule has 8 heteroatoms. The molecule has 140 valence electrons. The number of rotatable bonds is 7. The van der Waals surface area contributed by atoms with Crippen LogP contribution in [0.1, 0.15) is 21.5 Å². The third-order valence-corrected chi connectivity index (χ3v) is 4.46. The monoisotopic (exact) mass is 384 g/mol. The van der Waals surface area contributed by atoms with Gasteiger partial charge >= 0.3 is 0 Å². The molecule has 0 saturated carbocycles. The second kappa shape index (κ2) is 8.05. The Hall–Kier alpha value is -3.13. The summed E-state index contributed by atoms with van der Waals surface area (Å²) in [5.41, 5.74) is 2.71. The van der Waals surface area contributed by atoms with E-state index < -0.39 is 10.0 Å². The Balaban J connectivity index is 1.63. The van der Waals surface area contributed by atoms with Crippen molar-refractivity contribution >= 4 is 21.6 Å². The van der Waals surface area contributed by atoms with Crippen molar-refractivity contribution in [2.75, 3.05) is 11.0 Å². The van der Waals surface area contributed by atoms with Gasteiger partial charge in [0, 0.05) is 24.5 Å². The lowest BCUT2D eigenvalue weighted by atomic mass is 10.1. The molecule has 0 bridgehead atoms. The molecule has 0 aliphatic carbocycles. The third-order valence-electron chi connectivity index (χ3n) is 3.87. The van der Waals surface area contributed by atoms with Crippen LogP contribution in [0.2, 0.25) is 0 Å². The van der Waals surface area contributed by atoms with Gasteiger partial charge in [0.15, 0.2) is 0 Å². The smallest absolute Gasteiger partial charge is 0.251 e. The second-order valence-electron chi connectivity index (χ2n) is 6.11. The average Bonchev–Trinajstić information content (AvgIpc) is 3.13. The van der Waals surface area contributed by atoms with Crippen molar-refractivity contribution in [2.45, 2.75) is 13.1 Å². The first kappa shape index (κ1) is 18.7. The standard InChI is InChI=1S/C19H20N4O3S/c1-27(25,26)22-18-6-3-2-5-17(18)13-20-19(24)16-9-7-15(8-10-16)14-23-12-4-11-21-23/h2-12,22H,13-14H2,1H3,(H,20,24). The summed E-state index contributed by atoms with van der Waals surface area (Å²) in [6.07, 6.45) is 4.69. The number of carbonyl (C=O) groups is 1. The fourth-order valence-corrected chi connectivity index (χ4v) is 3.19. The van der Waals surface area contributed by atoms with E-state index in [-0.39, 0.29) is 12.5 Å². The van der Waals surface area contributed by atoms with Crippen LogP contribution in [0, 0.1) is 0 Å². The van der Waals surface area contributed by atoms with Crippen molar-refractivity contribution in [3.05, 3.63) is 83.7 Å². The number of nitrogens with zero attached hydrogens (tertiary/aromatic N) is 2. The molecule has 0 saturated heterocycles. The summed E-state index contributed by atoms with van der Waals surface area (Å²) in [4.78, 5) is 12.4. The van der Waals surface area contributed by atoms with Gasteiger partial charge in [0.05, 0.1) is 18.5 Å². The van der Waals surface area contributed by atoms with E-state index in [9.17, 15) is 13.2 Å². The number of carbonyl (C=O) groups excluding carboxylic acids is 1. The Bertz CT molecular complexity index is 1010. The average molecular weight is 384 g/mol. The van der Waals surface area contributed by atoms with Gasteiger partial charge in [-0.1, -0.05) is 30.3 Å². The molecule has 0 spiro atoms. The van der Waals surface area contributed by atoms with Gasteiger partial charge in [0.2, 0.25) is 10.0 Å². The van der Waals surface area contributed by atoms with E-state index in [0.717, 1.165) is 11.8 Å². The van der Waals surface area contributed by atoms with Gasteiger partial charge in [0.1, 0.15) is 0 Å². The van der Waals surface area contributed by atoms with Crippen molar-refractivity contribution in [2.24, 2.45) is 0 Å². The largest absolute Gasteiger partial charge is 0.348 e. The van der Waals surface area contributed by atoms with Crippen LogP contribution < -0.4 is 10.0 Å². The molecule has 2 aromatic carbocycles. The van der Waals surface area contributed by atoms with E-state index >= 15 is 0 Å². The Morgan fingerprint density at radius 3 is 2.48 bits per heavy atom. The number of hydrogen-bond donors (Lipinski definition) is 2. The van der Waals surface area contributed by atoms with Gasteiger partial charge in [-0.25, -0.2) is 8.42 Å². The Labute approximate surface area is 158 Å². The molecule has 0 aliphatic heterocycles. The molecule has 1 amide bonds. The highest BCUT2D eigenvalue weighted by Crippen LogP contribution is 2.16. The van der Waals surface area contributed by atoms with E-state index in [2.05, 4.69) is 15.1 Å². The van der Waals surface area contributed by atoms with Crippen LogP contribution >= 0.6 is 0 Å². The number of nitrogens with one attached hydrogen (secondary N) is 2. The van der Waals surface area contributed by atoms with Crippen molar-refractivity contribution in [1.82, 2.24) is 15.1 Å². The SMILES string of the molecule is CS(=O)(=O)Nc1ccccc1CNC(=O)c1ccc(Cn2cccn2)cc1. The zero-order chi connectivity index (χ0) is 19.3. The Morgan fingerprint density at radius 2 is 1.81 bits per heavy atom. The van der Waals surface area contributed by atoms with Crippen molar-refractivity contribution in [3.8, 4) is 0 Å². The van der Waals surface area contributed by atoms with Crippen LogP contribution in [0.25, 0.3) is 0 Å². The number of sulfonamides is 1. The van der Waals surface area contributed by atoms with Crippen LogP contribution in [0.3, 0.4) is 0 Å². The quantitative estimate of drug-likeness (QED) is 0.653. The fourth-order valence-electron chi connectivity index (χ4n) is 2.59. The molecule has 27 heavy (non-hydrogen) atoms. The van der Waals surface area contributed by atoms with Crippen LogP contribution in [0.15, 0.2) is 67.0 Å². The maximum Gasteiger partial charge on any atom is 0.251 e. The number of amides is 1. The van der Waals surface area contributed by atoms with Crippen LogP contribution in [0.4, 0.5) is 5.69 Å². The van der Waals surface area contributed by atoms with Crippen LogP contribution in [-0.4, -0.2) is 30.4 Å². The van der Waals surface area contributed by atoms with E-state index in [1.54, 1.807) is 47.3 Å². The zero-order valence-corrected chi connectivity index (χ0v) is 15.6. The molecule has 0 unspecified atom stereocenters. The van der Waals surface area contributed by atoms with Crippen LogP contribution in [0.5, 0.6) is 0 Å². The highest BCUT2D eigenvalue weighted by Gasteiger charge is 2.10. The molecule has 0 atom stereocenters. The molecule has 3 rings (SSSR count). The second-order valence-corrected chi connectivity index (χ2v) is 7.86. The molecule has 7 nitrogen and oxygen atoms in total. The fraction of sp³-hybridized carbons (Fsp3) is 0.158. The summed E-state index contributed by atoms with van der Waals surface area (Å²) in [5.74, 6) is -0.227. The minimum Gasteiger partial charge on any atom is -0.348 e. The van der Waals surface area contributed by atoms with E-state index in [1.165, 1.54) is 0 Å². The molecule has 2 N–H and O–H groups in total. The first-order valence-electron chi connectivity index (χ1n) is 8.31. The van der Waals surface area contributed by atoms with Crippen molar-refractivity contribution in [3.63, 3.8) is 0 Å². The zero-order valence-electron chi connectivity index (χ0n) is 14.8. The van der Waals surface area contributed by atoms with Crippen LogP contribution in [-0.2, 0) is 23.1 Å². The summed E-state index contributed by atoms with van der Waals surface area (Å²) >= 11 is 0. The lowest BCUT2D eigenvalue weighted by Gasteiger charge is -2.12. The minimum atomic E-state index is -3.39. The number of benzene rings is 2. The normalized spacial score (nSPS) is 11.1. The lowest BCUT2D eigenvalue weighted by molar-refractivity contribution is 0.0951. The molecule has 0 aliphatic rings. The first-order valence-corrected chi connectivity index (χ1v) is 10.2. The van der Waals surface area contributed by atoms with E-state index in [4.69, 9.17) is 0 Å². The maximum atomic E-state index is 12.4. The van der Waals surface area contributed by atoms with Crippen molar-refractivity contribution in [1.29, 1.82) is 0 Å². The molecule has 3 aromatic rings. The molecule has 1 aromatic heterocycles. The maximum absolute atomic E-state index is 12.4. The molecule has 0 radical (unpaired) electrons. The first-order chi connectivity index (χ1) is 12.9. The summed E-state index contributed by atoms with van der Waals surface area (Å²) in [7, 11) is -3.39. The summed E-state index contributed by atoms with van der Waals surface area (Å²) in [6, 6.07) is 16.1. The predicted molar refractivity (Wildman–Crippen MR) is 104 cm³/mol. The number of hydrogen-bond acceptors (Lipinski definition) is 4. The van der Waals surface area contributed by atoms with Crippen molar-refractivity contribution < 1.29 is 13.2 Å². The summed E-state index contributed by atoms with van der Waals surface area (Å²) in [5, 5.41) is 6.97. The van der Waals surface area contributed by atoms with Gasteiger partial charge < -0.3 is 5.32 Å². The lowest BCUT2D eigenvalue weighted by Crippen LogP contribution is -2.23. The number of aromatic nitrogens is 2. The molecule has 0 fully saturated rings. The van der Waals surface area contributed by atoms with Gasteiger partial charge in [-0.15, -0.1) is 0 Å². The Morgan fingerprint density at radius 1 is 1.07 bits per heavy atom. The summed E-state index contributed by atoms with van der Waals surface area (Å²) < 4.78 is 27.2. The van der Waals surface area contributed by atoms with E-state index in [1.807, 2.05) is 24.4 Å². The number of para-hydroxylation sites is 1. The van der Waals surface area contributed by atoms with Gasteiger partial charge in [0.25, 0.3) is 5.91 Å². The van der Waals surface area contributed by atoms with Gasteiger partial charge in [-0.2, -0.15) is 5.10 Å². The minimum absolute atomic E-state index is 0.215. The van der Waals surface area contributed by atoms with Gasteiger partial charge in [-0.3, -0.25) is 14.2 Å². The topological polar surface area (TPSA) is 93.1 Å². The summed E-state index contributed by atoms with van der Waals surface area (Å²) in [6.45, 7) is 0.853. The molecule has 1 heterocycles. The third kappa shape index (κ3) is 5.42. The predicted octanol–water partition coefficient (Wildman–Crippen LogP) is 2.23. The molecular formula is C19H20N4O3S. The molecular weight excluding hydrogens is 364 g/mol. The highest BCUT2D eigenvalue weighted by atomic mass is 32.2. The Kier molecular flexibility index (Phi) is 5.56.